The maximum absolute atomic E-state index is 13.3. The predicted octanol–water partition coefficient (Wildman–Crippen LogP) is 3.89. The highest BCUT2D eigenvalue weighted by atomic mass is 19.1. The lowest BCUT2D eigenvalue weighted by atomic mass is 9.88. The minimum atomic E-state index is -0.496. The van der Waals surface area contributed by atoms with Gasteiger partial charge in [-0.05, 0) is 23.1 Å². The summed E-state index contributed by atoms with van der Waals surface area (Å²) in [5.41, 5.74) is 6.66. The van der Waals surface area contributed by atoms with E-state index in [-0.39, 0.29) is 11.1 Å². The van der Waals surface area contributed by atoms with Gasteiger partial charge in [0.25, 0.3) is 0 Å². The third kappa shape index (κ3) is 3.22. The zero-order valence-corrected chi connectivity index (χ0v) is 11.3. The van der Waals surface area contributed by atoms with E-state index < -0.39 is 5.82 Å². The Bertz CT molecular complexity index is 574. The van der Waals surface area contributed by atoms with Crippen LogP contribution in [0, 0.1) is 5.82 Å². The maximum atomic E-state index is 13.3. The third-order valence-corrected chi connectivity index (χ3v) is 2.80. The number of halogens is 1. The maximum Gasteiger partial charge on any atom is 0.219 e. The number of ether oxygens (including phenoxy) is 1. The van der Waals surface area contributed by atoms with Gasteiger partial charge in [0, 0.05) is 18.3 Å². The van der Waals surface area contributed by atoms with E-state index in [1.807, 2.05) is 6.07 Å². The monoisotopic (exact) mass is 260 g/mol. The van der Waals surface area contributed by atoms with Gasteiger partial charge < -0.3 is 10.5 Å². The molecule has 0 saturated carbocycles. The number of hydrogen-bond acceptors (Lipinski definition) is 3. The van der Waals surface area contributed by atoms with Crippen LogP contribution in [0.3, 0.4) is 0 Å². The first-order valence-corrected chi connectivity index (χ1v) is 6.06. The number of anilines is 1. The summed E-state index contributed by atoms with van der Waals surface area (Å²) in [5, 5.41) is 0. The molecule has 0 amide bonds. The largest absolute Gasteiger partial charge is 0.439 e. The number of nitrogen functional groups attached to an aromatic ring is 1. The lowest BCUT2D eigenvalue weighted by molar-refractivity contribution is 0.456. The van der Waals surface area contributed by atoms with E-state index in [0.717, 1.165) is 5.56 Å². The van der Waals surface area contributed by atoms with E-state index in [1.165, 1.54) is 12.1 Å². The molecule has 2 aromatic rings. The second-order valence-electron chi connectivity index (χ2n) is 5.42. The molecule has 4 heteroatoms. The molecular formula is C15H17FN2O. The summed E-state index contributed by atoms with van der Waals surface area (Å²) in [4.78, 5) is 4.22. The van der Waals surface area contributed by atoms with Gasteiger partial charge >= 0.3 is 0 Å². The smallest absolute Gasteiger partial charge is 0.219 e. The summed E-state index contributed by atoms with van der Waals surface area (Å²) in [7, 11) is 0. The van der Waals surface area contributed by atoms with Crippen molar-refractivity contribution in [1.82, 2.24) is 4.98 Å². The molecule has 1 heterocycles. The molecule has 2 rings (SSSR count). The Morgan fingerprint density at radius 2 is 1.89 bits per heavy atom. The Labute approximate surface area is 112 Å². The lowest BCUT2D eigenvalue weighted by Gasteiger charge is -2.18. The van der Waals surface area contributed by atoms with Crippen LogP contribution in [0.5, 0.6) is 11.6 Å². The molecule has 0 fully saturated rings. The summed E-state index contributed by atoms with van der Waals surface area (Å²) in [5.74, 6) is 0.309. The van der Waals surface area contributed by atoms with Crippen LogP contribution in [-0.2, 0) is 5.41 Å². The van der Waals surface area contributed by atoms with Crippen molar-refractivity contribution in [1.29, 1.82) is 0 Å². The van der Waals surface area contributed by atoms with Crippen molar-refractivity contribution in [2.45, 2.75) is 26.2 Å². The molecular weight excluding hydrogens is 243 g/mol. The molecule has 100 valence electrons. The number of hydrogen-bond donors (Lipinski definition) is 1. The molecule has 1 aromatic heterocycles. The van der Waals surface area contributed by atoms with Crippen molar-refractivity contribution in [2.24, 2.45) is 0 Å². The molecule has 0 unspecified atom stereocenters. The average molecular weight is 260 g/mol. The molecule has 0 atom stereocenters. The van der Waals surface area contributed by atoms with Gasteiger partial charge in [-0.1, -0.05) is 26.8 Å². The molecule has 0 saturated heterocycles. The van der Waals surface area contributed by atoms with Gasteiger partial charge in [-0.25, -0.2) is 9.37 Å². The lowest BCUT2D eigenvalue weighted by Crippen LogP contribution is -2.11. The SMILES string of the molecule is CC(C)(C)c1ccc(Oc2ccc(N)c(F)c2)nc1. The Kier molecular flexibility index (Phi) is 3.42. The summed E-state index contributed by atoms with van der Waals surface area (Å²) in [6.07, 6.45) is 1.77. The molecule has 2 N–H and O–H groups in total. The van der Waals surface area contributed by atoms with Crippen LogP contribution < -0.4 is 10.5 Å². The first-order valence-electron chi connectivity index (χ1n) is 6.06. The van der Waals surface area contributed by atoms with Crippen LogP contribution in [0.4, 0.5) is 10.1 Å². The quantitative estimate of drug-likeness (QED) is 0.833. The molecule has 0 aliphatic rings. The fourth-order valence-corrected chi connectivity index (χ4v) is 1.58. The first-order chi connectivity index (χ1) is 8.86. The Morgan fingerprint density at radius 3 is 2.42 bits per heavy atom. The number of nitrogens with zero attached hydrogens (tertiary/aromatic N) is 1. The zero-order chi connectivity index (χ0) is 14.0. The minimum Gasteiger partial charge on any atom is -0.439 e. The van der Waals surface area contributed by atoms with E-state index in [2.05, 4.69) is 25.8 Å². The Morgan fingerprint density at radius 1 is 1.16 bits per heavy atom. The van der Waals surface area contributed by atoms with Crippen LogP contribution in [-0.4, -0.2) is 4.98 Å². The topological polar surface area (TPSA) is 48.1 Å². The number of aromatic nitrogens is 1. The van der Waals surface area contributed by atoms with Crippen LogP contribution in [0.25, 0.3) is 0 Å². The average Bonchev–Trinajstić information content (AvgIpc) is 2.33. The summed E-state index contributed by atoms with van der Waals surface area (Å²) in [6.45, 7) is 6.33. The molecule has 1 aromatic carbocycles. The molecule has 0 aliphatic heterocycles. The van der Waals surface area contributed by atoms with Crippen molar-refractivity contribution < 1.29 is 9.13 Å². The highest BCUT2D eigenvalue weighted by molar-refractivity contribution is 5.44. The summed E-state index contributed by atoms with van der Waals surface area (Å²) >= 11 is 0. The second kappa shape index (κ2) is 4.88. The van der Waals surface area contributed by atoms with E-state index in [0.29, 0.717) is 11.6 Å². The number of nitrogens with two attached hydrogens (primary N) is 1. The van der Waals surface area contributed by atoms with Crippen molar-refractivity contribution in [3.05, 3.63) is 47.9 Å². The van der Waals surface area contributed by atoms with E-state index in [9.17, 15) is 4.39 Å². The molecule has 3 nitrogen and oxygen atoms in total. The second-order valence-corrected chi connectivity index (χ2v) is 5.42. The number of benzene rings is 1. The van der Waals surface area contributed by atoms with Crippen LogP contribution in [0.2, 0.25) is 0 Å². The molecule has 0 radical (unpaired) electrons. The Balaban J connectivity index is 2.17. The van der Waals surface area contributed by atoms with Crippen molar-refractivity contribution in [3.63, 3.8) is 0 Å². The predicted molar refractivity (Wildman–Crippen MR) is 73.8 cm³/mol. The Hall–Kier alpha value is -2.10. The van der Waals surface area contributed by atoms with Gasteiger partial charge in [-0.2, -0.15) is 0 Å². The van der Waals surface area contributed by atoms with Gasteiger partial charge in [0.1, 0.15) is 11.6 Å². The fourth-order valence-electron chi connectivity index (χ4n) is 1.58. The van der Waals surface area contributed by atoms with Crippen LogP contribution in [0.1, 0.15) is 26.3 Å². The number of rotatable bonds is 2. The van der Waals surface area contributed by atoms with Crippen molar-refractivity contribution in [3.8, 4) is 11.6 Å². The molecule has 0 aliphatic carbocycles. The third-order valence-electron chi connectivity index (χ3n) is 2.80. The van der Waals surface area contributed by atoms with Gasteiger partial charge in [0.05, 0.1) is 5.69 Å². The standard InChI is InChI=1S/C15H17FN2O/c1-15(2,3)10-4-7-14(18-9-10)19-11-5-6-13(17)12(16)8-11/h4-9H,17H2,1-3H3. The highest BCUT2D eigenvalue weighted by Gasteiger charge is 2.14. The molecule has 19 heavy (non-hydrogen) atoms. The molecule has 0 spiro atoms. The van der Waals surface area contributed by atoms with E-state index >= 15 is 0 Å². The molecule has 0 bridgehead atoms. The first kappa shape index (κ1) is 13.3. The van der Waals surface area contributed by atoms with Crippen molar-refractivity contribution in [2.75, 3.05) is 5.73 Å². The normalized spacial score (nSPS) is 11.4. The highest BCUT2D eigenvalue weighted by Crippen LogP contribution is 2.26. The van der Waals surface area contributed by atoms with Gasteiger partial charge in [0.15, 0.2) is 0 Å². The van der Waals surface area contributed by atoms with Gasteiger partial charge in [0.2, 0.25) is 5.88 Å². The van der Waals surface area contributed by atoms with Gasteiger partial charge in [-0.3, -0.25) is 0 Å². The minimum absolute atomic E-state index is 0.0405. The summed E-state index contributed by atoms with van der Waals surface area (Å²) in [6, 6.07) is 8.05. The number of pyridine rings is 1. The fraction of sp³-hybridized carbons (Fsp3) is 0.267. The summed E-state index contributed by atoms with van der Waals surface area (Å²) < 4.78 is 18.8. The zero-order valence-electron chi connectivity index (χ0n) is 11.3. The van der Waals surface area contributed by atoms with E-state index in [1.54, 1.807) is 18.3 Å². The van der Waals surface area contributed by atoms with Crippen molar-refractivity contribution >= 4 is 5.69 Å². The van der Waals surface area contributed by atoms with Crippen LogP contribution in [0.15, 0.2) is 36.5 Å². The van der Waals surface area contributed by atoms with Gasteiger partial charge in [-0.15, -0.1) is 0 Å². The van der Waals surface area contributed by atoms with E-state index in [4.69, 9.17) is 10.5 Å². The van der Waals surface area contributed by atoms with Crippen LogP contribution >= 0.6 is 0 Å².